The number of carbonyl (C=O) groups excluding carboxylic acids is 2. The van der Waals surface area contributed by atoms with E-state index in [2.05, 4.69) is 0 Å². The average Bonchev–Trinajstić information content (AvgIpc) is 2.64. The van der Waals surface area contributed by atoms with Crippen molar-refractivity contribution in [3.63, 3.8) is 0 Å². The summed E-state index contributed by atoms with van der Waals surface area (Å²) in [7, 11) is 4.37. The van der Waals surface area contributed by atoms with Gasteiger partial charge in [0, 0.05) is 12.6 Å². The van der Waals surface area contributed by atoms with Gasteiger partial charge in [0.1, 0.15) is 5.56 Å². The molecule has 0 spiro atoms. The second-order valence-electron chi connectivity index (χ2n) is 5.89. The fraction of sp³-hybridized carbons (Fsp3) is 0.556. The van der Waals surface area contributed by atoms with Gasteiger partial charge >= 0.3 is 5.97 Å². The first-order chi connectivity index (χ1) is 12.0. The van der Waals surface area contributed by atoms with Gasteiger partial charge in [-0.2, -0.15) is 0 Å². The largest absolute Gasteiger partial charge is 0.493 e. The number of likely N-dealkylation sites (tertiary alicyclic amines) is 1. The molecule has 0 radical (unpaired) electrons. The monoisotopic (exact) mass is 351 g/mol. The summed E-state index contributed by atoms with van der Waals surface area (Å²) in [6, 6.07) is 3.29. The number of piperidine rings is 1. The van der Waals surface area contributed by atoms with E-state index in [9.17, 15) is 9.59 Å². The maximum atomic E-state index is 12.4. The van der Waals surface area contributed by atoms with E-state index in [4.69, 9.17) is 18.9 Å². The minimum absolute atomic E-state index is 0.176. The lowest BCUT2D eigenvalue weighted by molar-refractivity contribution is -0.137. The minimum Gasteiger partial charge on any atom is -0.493 e. The Morgan fingerprint density at radius 1 is 1.08 bits per heavy atom. The second-order valence-corrected chi connectivity index (χ2v) is 5.89. The number of carbonyl (C=O) groups is 2. The fourth-order valence-corrected chi connectivity index (χ4v) is 3.02. The van der Waals surface area contributed by atoms with E-state index in [1.807, 2.05) is 6.92 Å². The van der Waals surface area contributed by atoms with Crippen LogP contribution in [-0.4, -0.2) is 57.3 Å². The Morgan fingerprint density at radius 2 is 1.80 bits per heavy atom. The summed E-state index contributed by atoms with van der Waals surface area (Å²) < 4.78 is 20.9. The van der Waals surface area contributed by atoms with E-state index in [1.165, 1.54) is 27.4 Å². The van der Waals surface area contributed by atoms with Crippen molar-refractivity contribution in [3.8, 4) is 17.2 Å². The molecule has 25 heavy (non-hydrogen) atoms. The summed E-state index contributed by atoms with van der Waals surface area (Å²) >= 11 is 0. The second kappa shape index (κ2) is 8.60. The topological polar surface area (TPSA) is 74.3 Å². The molecule has 1 atom stereocenters. The zero-order valence-electron chi connectivity index (χ0n) is 15.2. The number of nitrogens with zero attached hydrogens (tertiary/aromatic N) is 1. The molecule has 1 amide bonds. The van der Waals surface area contributed by atoms with Crippen molar-refractivity contribution < 1.29 is 28.5 Å². The summed E-state index contributed by atoms with van der Waals surface area (Å²) in [5.74, 6) is 0.131. The molecule has 0 saturated carbocycles. The average molecular weight is 351 g/mol. The first-order valence-corrected chi connectivity index (χ1v) is 8.29. The number of ether oxygens (including phenoxy) is 4. The molecule has 0 aliphatic carbocycles. The molecule has 2 rings (SSSR count). The predicted molar refractivity (Wildman–Crippen MR) is 91.4 cm³/mol. The first kappa shape index (κ1) is 18.9. The maximum Gasteiger partial charge on any atom is 0.342 e. The van der Waals surface area contributed by atoms with Crippen LogP contribution in [0.4, 0.5) is 0 Å². The van der Waals surface area contributed by atoms with E-state index in [1.54, 1.807) is 11.0 Å². The molecular weight excluding hydrogens is 326 g/mol. The number of amides is 1. The van der Waals surface area contributed by atoms with E-state index in [-0.39, 0.29) is 29.9 Å². The highest BCUT2D eigenvalue weighted by Crippen LogP contribution is 2.39. The summed E-state index contributed by atoms with van der Waals surface area (Å²) in [6.45, 7) is 2.42. The standard InChI is InChI=1S/C18H25NO6/c1-12-7-5-6-10-19(12)15(20)11-25-18(21)13-8-9-14(22-2)17(24-4)16(13)23-3/h8-9,12H,5-7,10-11H2,1-4H3/t12-/m1/s1. The SMILES string of the molecule is COc1ccc(C(=O)OCC(=O)N2CCCC[C@H]2C)c(OC)c1OC. The molecule has 0 aromatic heterocycles. The highest BCUT2D eigenvalue weighted by molar-refractivity contribution is 5.95. The van der Waals surface area contributed by atoms with Gasteiger partial charge in [-0.25, -0.2) is 4.79 Å². The van der Waals surface area contributed by atoms with Gasteiger partial charge in [-0.05, 0) is 38.3 Å². The van der Waals surface area contributed by atoms with Gasteiger partial charge in [0.2, 0.25) is 5.75 Å². The number of rotatable bonds is 6. The van der Waals surface area contributed by atoms with Crippen molar-refractivity contribution in [1.29, 1.82) is 0 Å². The smallest absolute Gasteiger partial charge is 0.342 e. The Kier molecular flexibility index (Phi) is 6.50. The highest BCUT2D eigenvalue weighted by Gasteiger charge is 2.26. The highest BCUT2D eigenvalue weighted by atomic mass is 16.5. The van der Waals surface area contributed by atoms with Crippen molar-refractivity contribution in [2.75, 3.05) is 34.5 Å². The molecule has 1 aliphatic heterocycles. The first-order valence-electron chi connectivity index (χ1n) is 8.29. The van der Waals surface area contributed by atoms with Crippen LogP contribution in [0.3, 0.4) is 0 Å². The third kappa shape index (κ3) is 4.15. The normalized spacial score (nSPS) is 17.0. The van der Waals surface area contributed by atoms with Crippen LogP contribution < -0.4 is 14.2 Å². The molecule has 0 N–H and O–H groups in total. The molecule has 1 aromatic carbocycles. The molecule has 1 aliphatic rings. The van der Waals surface area contributed by atoms with Gasteiger partial charge < -0.3 is 23.8 Å². The Morgan fingerprint density at radius 3 is 2.40 bits per heavy atom. The molecule has 7 heteroatoms. The fourth-order valence-electron chi connectivity index (χ4n) is 3.02. The predicted octanol–water partition coefficient (Wildman–Crippen LogP) is 2.27. The summed E-state index contributed by atoms with van der Waals surface area (Å²) in [6.07, 6.45) is 3.07. The summed E-state index contributed by atoms with van der Waals surface area (Å²) in [5, 5.41) is 0. The maximum absolute atomic E-state index is 12.4. The van der Waals surface area contributed by atoms with Gasteiger partial charge in [0.15, 0.2) is 18.1 Å². The van der Waals surface area contributed by atoms with Crippen molar-refractivity contribution in [2.24, 2.45) is 0 Å². The quantitative estimate of drug-likeness (QED) is 0.732. The number of hydrogen-bond donors (Lipinski definition) is 0. The van der Waals surface area contributed by atoms with E-state index in [0.717, 1.165) is 19.3 Å². The van der Waals surface area contributed by atoms with Crippen LogP contribution in [-0.2, 0) is 9.53 Å². The van der Waals surface area contributed by atoms with Crippen molar-refractivity contribution in [1.82, 2.24) is 4.90 Å². The van der Waals surface area contributed by atoms with Crippen LogP contribution in [0.2, 0.25) is 0 Å². The zero-order chi connectivity index (χ0) is 18.4. The van der Waals surface area contributed by atoms with E-state index >= 15 is 0 Å². The molecule has 1 heterocycles. The van der Waals surface area contributed by atoms with Gasteiger partial charge in [-0.15, -0.1) is 0 Å². The van der Waals surface area contributed by atoms with Crippen LogP contribution in [0.1, 0.15) is 36.5 Å². The molecule has 0 unspecified atom stereocenters. The molecule has 1 fully saturated rings. The summed E-state index contributed by atoms with van der Waals surface area (Å²) in [4.78, 5) is 26.5. The van der Waals surface area contributed by atoms with Gasteiger partial charge in [-0.3, -0.25) is 4.79 Å². The number of hydrogen-bond acceptors (Lipinski definition) is 6. The van der Waals surface area contributed by atoms with Gasteiger partial charge in [-0.1, -0.05) is 0 Å². The zero-order valence-corrected chi connectivity index (χ0v) is 15.2. The van der Waals surface area contributed by atoms with E-state index in [0.29, 0.717) is 18.0 Å². The van der Waals surface area contributed by atoms with Gasteiger partial charge in [0.25, 0.3) is 5.91 Å². The van der Waals surface area contributed by atoms with Crippen LogP contribution in [0.25, 0.3) is 0 Å². The lowest BCUT2D eigenvalue weighted by atomic mass is 10.0. The van der Waals surface area contributed by atoms with Crippen LogP contribution >= 0.6 is 0 Å². The lowest BCUT2D eigenvalue weighted by Gasteiger charge is -2.33. The molecular formula is C18H25NO6. The lowest BCUT2D eigenvalue weighted by Crippen LogP contribution is -2.44. The van der Waals surface area contributed by atoms with Crippen molar-refractivity contribution in [3.05, 3.63) is 17.7 Å². The molecule has 7 nitrogen and oxygen atoms in total. The Balaban J connectivity index is 2.09. The number of benzene rings is 1. The third-order valence-electron chi connectivity index (χ3n) is 4.37. The number of esters is 1. The molecule has 138 valence electrons. The Labute approximate surface area is 147 Å². The number of methoxy groups -OCH3 is 3. The Hall–Kier alpha value is -2.44. The molecule has 1 aromatic rings. The minimum atomic E-state index is -0.643. The van der Waals surface area contributed by atoms with E-state index < -0.39 is 5.97 Å². The summed E-state index contributed by atoms with van der Waals surface area (Å²) in [5.41, 5.74) is 0.180. The van der Waals surface area contributed by atoms with Crippen LogP contribution in [0.5, 0.6) is 17.2 Å². The molecule has 0 bridgehead atoms. The van der Waals surface area contributed by atoms with Gasteiger partial charge in [0.05, 0.1) is 21.3 Å². The Bertz CT molecular complexity index is 630. The van der Waals surface area contributed by atoms with Crippen LogP contribution in [0.15, 0.2) is 12.1 Å². The third-order valence-corrected chi connectivity index (χ3v) is 4.37. The van der Waals surface area contributed by atoms with Crippen molar-refractivity contribution >= 4 is 11.9 Å². The molecule has 1 saturated heterocycles. The van der Waals surface area contributed by atoms with Crippen molar-refractivity contribution in [2.45, 2.75) is 32.2 Å². The van der Waals surface area contributed by atoms with Crippen LogP contribution in [0, 0.1) is 0 Å².